The first-order valence-corrected chi connectivity index (χ1v) is 9.26. The second kappa shape index (κ2) is 7.84. The Morgan fingerprint density at radius 3 is 2.19 bits per heavy atom. The number of nitrogens with zero attached hydrogens (tertiary/aromatic N) is 1. The zero-order valence-corrected chi connectivity index (χ0v) is 14.9. The van der Waals surface area contributed by atoms with Gasteiger partial charge in [-0.05, 0) is 48.5 Å². The summed E-state index contributed by atoms with van der Waals surface area (Å²) in [6.07, 6.45) is 1.57. The van der Waals surface area contributed by atoms with E-state index < -0.39 is 10.1 Å². The molecule has 5 nitrogen and oxygen atoms in total. The number of para-hydroxylation sites is 1. The van der Waals surface area contributed by atoms with Crippen LogP contribution >= 0.6 is 0 Å². The first kappa shape index (κ1) is 17.7. The molecule has 0 aliphatic heterocycles. The van der Waals surface area contributed by atoms with Crippen LogP contribution in [0.5, 0.6) is 11.5 Å². The zero-order chi connectivity index (χ0) is 18.4. The molecule has 0 radical (unpaired) electrons. The maximum atomic E-state index is 12.4. The first-order chi connectivity index (χ1) is 12.6. The highest BCUT2D eigenvalue weighted by Gasteiger charge is 2.17. The molecule has 0 saturated carbocycles. The molecule has 6 heteroatoms. The van der Waals surface area contributed by atoms with Crippen molar-refractivity contribution in [2.24, 2.45) is 4.99 Å². The largest absolute Gasteiger partial charge is 0.497 e. The minimum absolute atomic E-state index is 0.0990. The van der Waals surface area contributed by atoms with E-state index in [0.717, 1.165) is 5.75 Å². The molecule has 0 saturated heterocycles. The van der Waals surface area contributed by atoms with E-state index in [-0.39, 0.29) is 10.6 Å². The predicted octanol–water partition coefficient (Wildman–Crippen LogP) is 4.21. The number of methoxy groups -OCH3 is 1. The van der Waals surface area contributed by atoms with E-state index in [2.05, 4.69) is 4.99 Å². The van der Waals surface area contributed by atoms with Crippen LogP contribution in [0.4, 0.5) is 5.69 Å². The van der Waals surface area contributed by atoms with Gasteiger partial charge in [0.15, 0.2) is 5.75 Å². The standard InChI is InChI=1S/C20H17NO4S/c1-24-18-13-11-17(12-14-18)21-15-16-7-5-6-10-20(16)25-26(22,23)19-8-3-2-4-9-19/h2-15H,1H3. The molecule has 0 N–H and O–H groups in total. The summed E-state index contributed by atoms with van der Waals surface area (Å²) in [5.41, 5.74) is 1.27. The third kappa shape index (κ3) is 4.29. The fourth-order valence-electron chi connectivity index (χ4n) is 2.23. The Kier molecular flexibility index (Phi) is 5.34. The van der Waals surface area contributed by atoms with E-state index in [1.807, 2.05) is 0 Å². The topological polar surface area (TPSA) is 65.0 Å². The molecule has 0 aromatic heterocycles. The number of hydrogen-bond donors (Lipinski definition) is 0. The van der Waals surface area contributed by atoms with Gasteiger partial charge in [-0.2, -0.15) is 8.42 Å². The van der Waals surface area contributed by atoms with E-state index in [4.69, 9.17) is 8.92 Å². The van der Waals surface area contributed by atoms with E-state index in [1.165, 1.54) is 12.1 Å². The SMILES string of the molecule is COc1ccc(N=Cc2ccccc2OS(=O)(=O)c2ccccc2)cc1. The quantitative estimate of drug-likeness (QED) is 0.483. The van der Waals surface area contributed by atoms with Crippen molar-refractivity contribution in [3.8, 4) is 11.5 Å². The van der Waals surface area contributed by atoms with Crippen LogP contribution in [0.3, 0.4) is 0 Å². The summed E-state index contributed by atoms with van der Waals surface area (Å²) in [5.74, 6) is 0.954. The molecule has 0 bridgehead atoms. The lowest BCUT2D eigenvalue weighted by Crippen LogP contribution is -2.10. The molecule has 0 heterocycles. The molecular weight excluding hydrogens is 350 g/mol. The number of rotatable bonds is 6. The van der Waals surface area contributed by atoms with Crippen molar-refractivity contribution in [1.82, 2.24) is 0 Å². The molecule has 26 heavy (non-hydrogen) atoms. The summed E-state index contributed by atoms with van der Waals surface area (Å²) in [7, 11) is -2.31. The van der Waals surface area contributed by atoms with Gasteiger partial charge in [0.25, 0.3) is 0 Å². The Labute approximate surface area is 152 Å². The van der Waals surface area contributed by atoms with Crippen molar-refractivity contribution < 1.29 is 17.3 Å². The van der Waals surface area contributed by atoms with Gasteiger partial charge in [0, 0.05) is 11.8 Å². The average molecular weight is 367 g/mol. The predicted molar refractivity (Wildman–Crippen MR) is 101 cm³/mol. The maximum absolute atomic E-state index is 12.4. The molecule has 0 amide bonds. The second-order valence-electron chi connectivity index (χ2n) is 5.34. The normalized spacial score (nSPS) is 11.4. The van der Waals surface area contributed by atoms with Gasteiger partial charge in [-0.3, -0.25) is 4.99 Å². The van der Waals surface area contributed by atoms with Crippen LogP contribution in [-0.2, 0) is 10.1 Å². The Bertz CT molecular complexity index is 997. The molecular formula is C20H17NO4S. The van der Waals surface area contributed by atoms with Gasteiger partial charge in [0.2, 0.25) is 0 Å². The molecule has 3 aromatic carbocycles. The maximum Gasteiger partial charge on any atom is 0.339 e. The van der Waals surface area contributed by atoms with Crippen LogP contribution in [0.15, 0.2) is 88.8 Å². The van der Waals surface area contributed by atoms with E-state index in [1.54, 1.807) is 80.1 Å². The summed E-state index contributed by atoms with van der Waals surface area (Å²) in [5, 5.41) is 0. The number of aliphatic imine (C=N–C) groups is 1. The molecule has 0 spiro atoms. The van der Waals surface area contributed by atoms with Gasteiger partial charge in [0.1, 0.15) is 10.6 Å². The molecule has 0 aliphatic carbocycles. The lowest BCUT2D eigenvalue weighted by molar-refractivity contribution is 0.415. The summed E-state index contributed by atoms with van der Waals surface area (Å²) < 4.78 is 35.3. The third-order valence-corrected chi connectivity index (χ3v) is 4.82. The van der Waals surface area contributed by atoms with Gasteiger partial charge in [0.05, 0.1) is 12.8 Å². The Balaban J connectivity index is 1.85. The fourth-order valence-corrected chi connectivity index (χ4v) is 3.20. The van der Waals surface area contributed by atoms with E-state index in [9.17, 15) is 8.42 Å². The summed E-state index contributed by atoms with van der Waals surface area (Å²) in [4.78, 5) is 4.46. The molecule has 3 rings (SSSR count). The van der Waals surface area contributed by atoms with Crippen LogP contribution in [0, 0.1) is 0 Å². The fraction of sp³-hybridized carbons (Fsp3) is 0.0500. The zero-order valence-electron chi connectivity index (χ0n) is 14.1. The molecule has 0 unspecified atom stereocenters. The van der Waals surface area contributed by atoms with Gasteiger partial charge < -0.3 is 8.92 Å². The van der Waals surface area contributed by atoms with Crippen molar-refractivity contribution >= 4 is 22.0 Å². The molecule has 0 aliphatic rings. The highest BCUT2D eigenvalue weighted by atomic mass is 32.2. The number of benzene rings is 3. The minimum atomic E-state index is -3.91. The van der Waals surface area contributed by atoms with Crippen LogP contribution in [0.25, 0.3) is 0 Å². The molecule has 3 aromatic rings. The van der Waals surface area contributed by atoms with Crippen molar-refractivity contribution in [2.45, 2.75) is 4.90 Å². The van der Waals surface area contributed by atoms with Crippen molar-refractivity contribution in [2.75, 3.05) is 7.11 Å². The Hall–Kier alpha value is -3.12. The van der Waals surface area contributed by atoms with Crippen LogP contribution < -0.4 is 8.92 Å². The lowest BCUT2D eigenvalue weighted by atomic mass is 10.2. The summed E-state index contributed by atoms with van der Waals surface area (Å²) in [6, 6.07) is 22.1. The summed E-state index contributed by atoms with van der Waals surface area (Å²) in [6.45, 7) is 0. The number of ether oxygens (including phenoxy) is 1. The van der Waals surface area contributed by atoms with Crippen molar-refractivity contribution in [3.63, 3.8) is 0 Å². The lowest BCUT2D eigenvalue weighted by Gasteiger charge is -2.09. The number of hydrogen-bond acceptors (Lipinski definition) is 5. The average Bonchev–Trinajstić information content (AvgIpc) is 2.68. The molecule has 0 fully saturated rings. The summed E-state index contributed by atoms with van der Waals surface area (Å²) >= 11 is 0. The smallest absolute Gasteiger partial charge is 0.339 e. The Morgan fingerprint density at radius 1 is 0.846 bits per heavy atom. The van der Waals surface area contributed by atoms with Crippen LogP contribution in [-0.4, -0.2) is 21.7 Å². The minimum Gasteiger partial charge on any atom is -0.497 e. The van der Waals surface area contributed by atoms with E-state index >= 15 is 0 Å². The van der Waals surface area contributed by atoms with Crippen molar-refractivity contribution in [3.05, 3.63) is 84.4 Å². The van der Waals surface area contributed by atoms with Gasteiger partial charge in [-0.1, -0.05) is 30.3 Å². The highest BCUT2D eigenvalue weighted by molar-refractivity contribution is 7.87. The van der Waals surface area contributed by atoms with Gasteiger partial charge >= 0.3 is 10.1 Å². The third-order valence-electron chi connectivity index (χ3n) is 3.58. The van der Waals surface area contributed by atoms with Crippen LogP contribution in [0.2, 0.25) is 0 Å². The monoisotopic (exact) mass is 367 g/mol. The Morgan fingerprint density at radius 2 is 1.50 bits per heavy atom. The highest BCUT2D eigenvalue weighted by Crippen LogP contribution is 2.23. The molecule has 132 valence electrons. The van der Waals surface area contributed by atoms with Crippen LogP contribution in [0.1, 0.15) is 5.56 Å². The van der Waals surface area contributed by atoms with E-state index in [0.29, 0.717) is 11.3 Å². The van der Waals surface area contributed by atoms with Crippen molar-refractivity contribution in [1.29, 1.82) is 0 Å². The van der Waals surface area contributed by atoms with Gasteiger partial charge in [-0.25, -0.2) is 0 Å². The first-order valence-electron chi connectivity index (χ1n) is 7.85. The molecule has 0 atom stereocenters. The second-order valence-corrected chi connectivity index (χ2v) is 6.89. The van der Waals surface area contributed by atoms with Gasteiger partial charge in [-0.15, -0.1) is 0 Å².